The van der Waals surface area contributed by atoms with Crippen molar-refractivity contribution in [2.24, 2.45) is 0 Å². The van der Waals surface area contributed by atoms with E-state index in [1.165, 1.54) is 22.1 Å². The number of nitriles is 1. The molecular weight excluding hydrogens is 545 g/mol. The molecule has 8 nitrogen and oxygen atoms in total. The highest BCUT2D eigenvalue weighted by Gasteiger charge is 2.47. The van der Waals surface area contributed by atoms with Gasteiger partial charge in [-0.25, -0.2) is 4.39 Å². The largest absolute Gasteiger partial charge is 0.388 e. The smallest absolute Gasteiger partial charge is 0.251 e. The molecule has 4 atom stereocenters. The number of halogens is 1. The molecule has 0 radical (unpaired) electrons. The summed E-state index contributed by atoms with van der Waals surface area (Å²) in [5, 5.41) is 23.6. The maximum Gasteiger partial charge on any atom is 0.251 e. The summed E-state index contributed by atoms with van der Waals surface area (Å²) >= 11 is 0. The number of nitrogens with zero attached hydrogens (tertiary/aromatic N) is 4. The van der Waals surface area contributed by atoms with Crippen molar-refractivity contribution in [2.75, 3.05) is 11.4 Å². The molecule has 0 bridgehead atoms. The highest BCUT2D eigenvalue weighted by atomic mass is 19.1. The van der Waals surface area contributed by atoms with Gasteiger partial charge in [0.25, 0.3) is 5.91 Å². The average Bonchev–Trinajstić information content (AvgIpc) is 3.34. The van der Waals surface area contributed by atoms with Gasteiger partial charge in [0.05, 0.1) is 24.4 Å². The van der Waals surface area contributed by atoms with Crippen molar-refractivity contribution in [3.63, 3.8) is 0 Å². The summed E-state index contributed by atoms with van der Waals surface area (Å²) in [5.74, 6) is -1.80. The van der Waals surface area contributed by atoms with Crippen molar-refractivity contribution in [3.8, 4) is 17.3 Å². The van der Waals surface area contributed by atoms with Gasteiger partial charge in [0.2, 0.25) is 5.91 Å². The third-order valence-corrected chi connectivity index (χ3v) is 7.63. The molecule has 2 amide bonds. The van der Waals surface area contributed by atoms with E-state index in [4.69, 9.17) is 0 Å². The van der Waals surface area contributed by atoms with Crippen molar-refractivity contribution in [1.29, 1.82) is 5.26 Å². The second kappa shape index (κ2) is 12.4. The van der Waals surface area contributed by atoms with E-state index in [9.17, 15) is 24.3 Å². The van der Waals surface area contributed by atoms with E-state index in [0.29, 0.717) is 5.69 Å². The first-order chi connectivity index (χ1) is 20.7. The van der Waals surface area contributed by atoms with Crippen molar-refractivity contribution in [2.45, 2.75) is 44.0 Å². The SMILES string of the molecule is C[C@H](NC(=O)[C@@H](c1cncc(F)c1)N(C(=O)[C@H]1C[C@@](C)(O)CN1C#N)c1ccc(-c2ccccc2)cc1)c1ccccc1. The number of hydrogen-bond donors (Lipinski definition) is 2. The lowest BCUT2D eigenvalue weighted by Crippen LogP contribution is -2.50. The molecule has 5 rings (SSSR count). The molecule has 1 aliphatic rings. The summed E-state index contributed by atoms with van der Waals surface area (Å²) in [4.78, 5) is 35.1. The van der Waals surface area contributed by atoms with Gasteiger partial charge < -0.3 is 10.4 Å². The number of carbonyl (C=O) groups excluding carboxylic acids is 2. The monoisotopic (exact) mass is 577 g/mol. The summed E-state index contributed by atoms with van der Waals surface area (Å²) in [7, 11) is 0. The number of aromatic nitrogens is 1. The van der Waals surface area contributed by atoms with Gasteiger partial charge in [0, 0.05) is 23.9 Å². The Bertz CT molecular complexity index is 1620. The van der Waals surface area contributed by atoms with Crippen molar-refractivity contribution in [3.05, 3.63) is 120 Å². The fraction of sp³-hybridized carbons (Fsp3) is 0.235. The van der Waals surface area contributed by atoms with Crippen LogP contribution < -0.4 is 10.2 Å². The van der Waals surface area contributed by atoms with Gasteiger partial charge in [-0.1, -0.05) is 72.8 Å². The molecule has 218 valence electrons. The van der Waals surface area contributed by atoms with Crippen LogP contribution in [0.3, 0.4) is 0 Å². The van der Waals surface area contributed by atoms with Crippen LogP contribution in [0.25, 0.3) is 11.1 Å². The Balaban J connectivity index is 1.61. The molecule has 0 aliphatic carbocycles. The Labute approximate surface area is 250 Å². The van der Waals surface area contributed by atoms with Gasteiger partial charge in [0.1, 0.15) is 17.9 Å². The molecule has 3 aromatic carbocycles. The number of carbonyl (C=O) groups is 2. The second-order valence-corrected chi connectivity index (χ2v) is 11.0. The third kappa shape index (κ3) is 6.55. The van der Waals surface area contributed by atoms with E-state index < -0.39 is 41.4 Å². The van der Waals surface area contributed by atoms with Gasteiger partial charge >= 0.3 is 0 Å². The zero-order valence-electron chi connectivity index (χ0n) is 23.9. The van der Waals surface area contributed by atoms with Crippen LogP contribution in [0.5, 0.6) is 0 Å². The quantitative estimate of drug-likeness (QED) is 0.281. The number of amides is 2. The molecule has 43 heavy (non-hydrogen) atoms. The molecular formula is C34H32FN5O3. The van der Waals surface area contributed by atoms with E-state index in [0.717, 1.165) is 22.9 Å². The fourth-order valence-electron chi connectivity index (χ4n) is 5.52. The minimum atomic E-state index is -1.34. The maximum absolute atomic E-state index is 14.6. The Kier molecular flexibility index (Phi) is 8.51. The van der Waals surface area contributed by atoms with Crippen LogP contribution in [0.2, 0.25) is 0 Å². The Morgan fingerprint density at radius 1 is 1.02 bits per heavy atom. The Morgan fingerprint density at radius 2 is 1.65 bits per heavy atom. The molecule has 1 saturated heterocycles. The number of benzene rings is 3. The molecule has 1 aliphatic heterocycles. The summed E-state index contributed by atoms with van der Waals surface area (Å²) in [6.07, 6.45) is 4.37. The number of nitrogens with one attached hydrogen (secondary N) is 1. The highest BCUT2D eigenvalue weighted by molar-refractivity contribution is 6.04. The van der Waals surface area contributed by atoms with Crippen LogP contribution in [-0.4, -0.2) is 45.0 Å². The summed E-state index contributed by atoms with van der Waals surface area (Å²) in [6, 6.07) is 24.5. The number of likely N-dealkylation sites (tertiary alicyclic amines) is 1. The number of aliphatic hydroxyl groups is 1. The summed E-state index contributed by atoms with van der Waals surface area (Å²) < 4.78 is 14.6. The number of hydrogen-bond acceptors (Lipinski definition) is 6. The first-order valence-electron chi connectivity index (χ1n) is 14.0. The molecule has 0 spiro atoms. The highest BCUT2D eigenvalue weighted by Crippen LogP contribution is 2.35. The number of anilines is 1. The number of rotatable bonds is 8. The van der Waals surface area contributed by atoms with Gasteiger partial charge in [-0.3, -0.25) is 24.4 Å². The molecule has 2 heterocycles. The van der Waals surface area contributed by atoms with Gasteiger partial charge in [-0.2, -0.15) is 5.26 Å². The minimum absolute atomic E-state index is 0.0197. The lowest BCUT2D eigenvalue weighted by atomic mass is 9.98. The van der Waals surface area contributed by atoms with Crippen LogP contribution >= 0.6 is 0 Å². The van der Waals surface area contributed by atoms with Crippen LogP contribution in [0.4, 0.5) is 10.1 Å². The summed E-state index contributed by atoms with van der Waals surface area (Å²) in [6.45, 7) is 3.34. The van der Waals surface area contributed by atoms with Crippen molar-refractivity contribution < 1.29 is 19.1 Å². The lowest BCUT2D eigenvalue weighted by molar-refractivity contribution is -0.128. The predicted octanol–water partition coefficient (Wildman–Crippen LogP) is 5.15. The predicted molar refractivity (Wildman–Crippen MR) is 161 cm³/mol. The van der Waals surface area contributed by atoms with E-state index in [1.54, 1.807) is 19.1 Å². The maximum atomic E-state index is 14.6. The topological polar surface area (TPSA) is 110 Å². The minimum Gasteiger partial charge on any atom is -0.388 e. The van der Waals surface area contributed by atoms with Crippen LogP contribution in [0.15, 0.2) is 103 Å². The average molecular weight is 578 g/mol. The molecule has 9 heteroatoms. The fourth-order valence-corrected chi connectivity index (χ4v) is 5.52. The normalized spacial score (nSPS) is 19.2. The molecule has 1 aromatic heterocycles. The van der Waals surface area contributed by atoms with Crippen LogP contribution in [0, 0.1) is 17.3 Å². The molecule has 0 saturated carbocycles. The molecule has 4 aromatic rings. The Hall–Kier alpha value is -5.07. The van der Waals surface area contributed by atoms with E-state index in [1.807, 2.05) is 85.9 Å². The van der Waals surface area contributed by atoms with Gasteiger partial charge in [-0.15, -0.1) is 0 Å². The first-order valence-corrected chi connectivity index (χ1v) is 14.0. The molecule has 0 unspecified atom stereocenters. The van der Waals surface area contributed by atoms with Crippen molar-refractivity contribution >= 4 is 17.5 Å². The molecule has 1 fully saturated rings. The first kappa shape index (κ1) is 29.4. The van der Waals surface area contributed by atoms with E-state index >= 15 is 0 Å². The molecule has 2 N–H and O–H groups in total. The lowest BCUT2D eigenvalue weighted by Gasteiger charge is -2.35. The van der Waals surface area contributed by atoms with Crippen LogP contribution in [0.1, 0.15) is 43.5 Å². The van der Waals surface area contributed by atoms with E-state index in [-0.39, 0.29) is 18.5 Å². The van der Waals surface area contributed by atoms with E-state index in [2.05, 4.69) is 10.3 Å². The van der Waals surface area contributed by atoms with Crippen LogP contribution in [-0.2, 0) is 9.59 Å². The Morgan fingerprint density at radius 3 is 2.28 bits per heavy atom. The van der Waals surface area contributed by atoms with Gasteiger partial charge in [-0.05, 0) is 48.7 Å². The number of pyridine rings is 1. The summed E-state index contributed by atoms with van der Waals surface area (Å²) in [5.41, 5.74) is 1.94. The van der Waals surface area contributed by atoms with Gasteiger partial charge in [0.15, 0.2) is 6.19 Å². The van der Waals surface area contributed by atoms with Crippen molar-refractivity contribution in [1.82, 2.24) is 15.2 Å². The standard InChI is InChI=1S/C34H32FN5O3/c1-23(24-9-5-3-6-10-24)38-32(41)31(27-17-28(35)20-37-19-27)40(33(42)30-18-34(2,43)21-39(30)22-36)29-15-13-26(14-16-29)25-11-7-4-8-12-25/h3-17,19-20,23,30-31,43H,18,21H2,1-2H3,(H,38,41)/t23-,30+,31+,34+/m0/s1. The number of β-amino-alcohol motifs (C(OH)–C–C–N with tert-alkyl or cyclic N) is 1. The second-order valence-electron chi connectivity index (χ2n) is 11.0. The zero-order valence-corrected chi connectivity index (χ0v) is 23.9. The zero-order chi connectivity index (χ0) is 30.6. The third-order valence-electron chi connectivity index (χ3n) is 7.63.